The molecule has 8 heteroatoms. The summed E-state index contributed by atoms with van der Waals surface area (Å²) in [5, 5.41) is 5.43. The molecule has 0 atom stereocenters. The number of amides is 1. The van der Waals surface area contributed by atoms with Crippen molar-refractivity contribution in [2.45, 2.75) is 6.18 Å². The smallest absolute Gasteiger partial charge is 0.301 e. The fraction of sp³-hybridized carbons (Fsp3) is 0.125. The molecule has 0 bridgehead atoms. The van der Waals surface area contributed by atoms with Gasteiger partial charge in [0.2, 0.25) is 0 Å². The zero-order chi connectivity index (χ0) is 11.8. The van der Waals surface area contributed by atoms with Crippen molar-refractivity contribution in [3.63, 3.8) is 0 Å². The average molecular weight is 230 g/mol. The lowest BCUT2D eigenvalue weighted by molar-refractivity contribution is -0.167. The first-order valence-electron chi connectivity index (χ1n) is 4.15. The van der Waals surface area contributed by atoms with Gasteiger partial charge in [-0.1, -0.05) is 0 Å². The van der Waals surface area contributed by atoms with Gasteiger partial charge in [-0.15, -0.1) is 0 Å². The lowest BCUT2D eigenvalue weighted by Crippen LogP contribution is -2.30. The zero-order valence-electron chi connectivity index (χ0n) is 7.69. The van der Waals surface area contributed by atoms with E-state index >= 15 is 0 Å². The third-order valence-corrected chi connectivity index (χ3v) is 1.74. The fourth-order valence-electron chi connectivity index (χ4n) is 1.08. The Kier molecular flexibility index (Phi) is 2.26. The van der Waals surface area contributed by atoms with Crippen LogP contribution in [0.25, 0.3) is 5.65 Å². The number of nitrogens with zero attached hydrogens (tertiary/aromatic N) is 3. The molecule has 0 radical (unpaired) electrons. The second-order valence-corrected chi connectivity index (χ2v) is 2.90. The molecular formula is C8H5F3N4O. The maximum atomic E-state index is 11.9. The molecule has 16 heavy (non-hydrogen) atoms. The quantitative estimate of drug-likeness (QED) is 0.801. The van der Waals surface area contributed by atoms with Crippen molar-refractivity contribution < 1.29 is 18.0 Å². The minimum Gasteiger partial charge on any atom is -0.301 e. The van der Waals surface area contributed by atoms with E-state index in [0.29, 0.717) is 5.65 Å². The molecule has 5 nitrogen and oxygen atoms in total. The molecule has 0 saturated heterocycles. The summed E-state index contributed by atoms with van der Waals surface area (Å²) in [6, 6.07) is 3.13. The van der Waals surface area contributed by atoms with Gasteiger partial charge in [0, 0.05) is 6.20 Å². The average Bonchev–Trinajstić information content (AvgIpc) is 2.58. The number of carbonyl (C=O) groups excluding carboxylic acids is 1. The summed E-state index contributed by atoms with van der Waals surface area (Å²) in [4.78, 5) is 14.3. The first kappa shape index (κ1) is 10.4. The third kappa shape index (κ3) is 1.95. The molecule has 0 spiro atoms. The van der Waals surface area contributed by atoms with Crippen molar-refractivity contribution in [3.8, 4) is 0 Å². The van der Waals surface area contributed by atoms with Gasteiger partial charge in [0.25, 0.3) is 0 Å². The first-order valence-corrected chi connectivity index (χ1v) is 4.15. The van der Waals surface area contributed by atoms with Crippen LogP contribution in [0.15, 0.2) is 24.5 Å². The van der Waals surface area contributed by atoms with Crippen molar-refractivity contribution >= 4 is 17.4 Å². The number of aromatic nitrogens is 3. The Bertz CT molecular complexity index is 500. The number of anilines is 1. The van der Waals surface area contributed by atoms with E-state index in [2.05, 4.69) is 10.1 Å². The number of fused-ring (bicyclic) bond motifs is 1. The topological polar surface area (TPSA) is 59.3 Å². The molecule has 2 rings (SSSR count). The highest BCUT2D eigenvalue weighted by Gasteiger charge is 2.39. The molecule has 2 aromatic rings. The van der Waals surface area contributed by atoms with E-state index in [1.54, 1.807) is 17.4 Å². The van der Waals surface area contributed by atoms with E-state index in [0.717, 1.165) is 0 Å². The van der Waals surface area contributed by atoms with Crippen LogP contribution in [0.5, 0.6) is 0 Å². The summed E-state index contributed by atoms with van der Waals surface area (Å²) in [6.45, 7) is 0. The number of alkyl halides is 3. The van der Waals surface area contributed by atoms with E-state index in [4.69, 9.17) is 0 Å². The Hall–Kier alpha value is -2.12. The zero-order valence-corrected chi connectivity index (χ0v) is 7.69. The number of hydrogen-bond donors (Lipinski definition) is 1. The summed E-state index contributed by atoms with van der Waals surface area (Å²) < 4.78 is 37.0. The number of halogens is 3. The van der Waals surface area contributed by atoms with E-state index in [1.807, 2.05) is 0 Å². The van der Waals surface area contributed by atoms with Gasteiger partial charge < -0.3 is 5.32 Å². The Morgan fingerprint density at radius 2 is 2.19 bits per heavy atom. The predicted molar refractivity (Wildman–Crippen MR) is 47.7 cm³/mol. The van der Waals surface area contributed by atoms with Crippen LogP contribution in [-0.2, 0) is 4.79 Å². The minimum atomic E-state index is -4.93. The second-order valence-electron chi connectivity index (χ2n) is 2.90. The van der Waals surface area contributed by atoms with Crippen LogP contribution in [0.3, 0.4) is 0 Å². The van der Waals surface area contributed by atoms with Crippen molar-refractivity contribution in [1.29, 1.82) is 0 Å². The minimum absolute atomic E-state index is 0.193. The fourth-order valence-corrected chi connectivity index (χ4v) is 1.08. The summed E-state index contributed by atoms with van der Waals surface area (Å²) in [7, 11) is 0. The van der Waals surface area contributed by atoms with Crippen LogP contribution >= 0.6 is 0 Å². The number of carbonyl (C=O) groups is 1. The van der Waals surface area contributed by atoms with Gasteiger partial charge in [-0.05, 0) is 12.1 Å². The Balaban J connectivity index is 2.25. The van der Waals surface area contributed by atoms with E-state index in [1.165, 1.54) is 16.9 Å². The molecule has 0 aliphatic carbocycles. The molecule has 0 aliphatic rings. The van der Waals surface area contributed by atoms with Crippen LogP contribution in [0.4, 0.5) is 19.0 Å². The van der Waals surface area contributed by atoms with E-state index in [9.17, 15) is 18.0 Å². The molecule has 2 aromatic heterocycles. The maximum absolute atomic E-state index is 11.9. The number of nitrogens with one attached hydrogen (secondary N) is 1. The van der Waals surface area contributed by atoms with E-state index in [-0.39, 0.29) is 5.82 Å². The number of imidazole rings is 1. The summed E-state index contributed by atoms with van der Waals surface area (Å²) >= 11 is 0. The highest BCUT2D eigenvalue weighted by atomic mass is 19.4. The van der Waals surface area contributed by atoms with Gasteiger partial charge >= 0.3 is 12.1 Å². The SMILES string of the molecule is O=C(Nc1cn2ncccc2n1)C(F)(F)F. The molecule has 0 unspecified atom stereocenters. The normalized spacial score (nSPS) is 11.7. The Morgan fingerprint density at radius 1 is 1.44 bits per heavy atom. The monoisotopic (exact) mass is 230 g/mol. The second kappa shape index (κ2) is 3.47. The van der Waals surface area contributed by atoms with Crippen LogP contribution in [0.2, 0.25) is 0 Å². The molecule has 1 N–H and O–H groups in total. The van der Waals surface area contributed by atoms with Gasteiger partial charge in [-0.3, -0.25) is 4.79 Å². The molecule has 0 saturated carbocycles. The van der Waals surface area contributed by atoms with Gasteiger partial charge in [-0.25, -0.2) is 9.50 Å². The summed E-state index contributed by atoms with van der Waals surface area (Å²) in [6.07, 6.45) is -2.29. The van der Waals surface area contributed by atoms with Crippen LogP contribution in [-0.4, -0.2) is 26.7 Å². The predicted octanol–water partition coefficient (Wildman–Crippen LogP) is 1.23. The molecule has 2 heterocycles. The van der Waals surface area contributed by atoms with Crippen molar-refractivity contribution in [2.75, 3.05) is 5.32 Å². The highest BCUT2D eigenvalue weighted by molar-refractivity contribution is 5.94. The molecule has 0 fully saturated rings. The Labute approximate surface area is 86.9 Å². The lowest BCUT2D eigenvalue weighted by atomic mass is 10.5. The summed E-state index contributed by atoms with van der Waals surface area (Å²) in [5.74, 6) is -2.25. The van der Waals surface area contributed by atoms with E-state index < -0.39 is 12.1 Å². The van der Waals surface area contributed by atoms with Crippen LogP contribution in [0.1, 0.15) is 0 Å². The number of rotatable bonds is 1. The van der Waals surface area contributed by atoms with Crippen molar-refractivity contribution in [2.24, 2.45) is 0 Å². The van der Waals surface area contributed by atoms with Crippen molar-refractivity contribution in [3.05, 3.63) is 24.5 Å². The first-order chi connectivity index (χ1) is 7.47. The van der Waals surface area contributed by atoms with Crippen molar-refractivity contribution in [1.82, 2.24) is 14.6 Å². The van der Waals surface area contributed by atoms with Gasteiger partial charge in [-0.2, -0.15) is 18.3 Å². The molecule has 1 amide bonds. The molecule has 84 valence electrons. The highest BCUT2D eigenvalue weighted by Crippen LogP contribution is 2.17. The maximum Gasteiger partial charge on any atom is 0.471 e. The molecular weight excluding hydrogens is 225 g/mol. The third-order valence-electron chi connectivity index (χ3n) is 1.74. The number of hydrogen-bond acceptors (Lipinski definition) is 3. The van der Waals surface area contributed by atoms with Gasteiger partial charge in [0.15, 0.2) is 11.5 Å². The summed E-state index contributed by atoms with van der Waals surface area (Å²) in [5.41, 5.74) is 0.347. The van der Waals surface area contributed by atoms with Gasteiger partial charge in [0.05, 0.1) is 6.20 Å². The lowest BCUT2D eigenvalue weighted by Gasteiger charge is -2.03. The standard InChI is InChI=1S/C8H5F3N4O/c9-8(10,11)7(16)14-5-4-15-6(13-5)2-1-3-12-15/h1-4H,(H,14,16). The Morgan fingerprint density at radius 3 is 2.81 bits per heavy atom. The van der Waals surface area contributed by atoms with Crippen LogP contribution < -0.4 is 5.32 Å². The van der Waals surface area contributed by atoms with Gasteiger partial charge in [0.1, 0.15) is 0 Å². The largest absolute Gasteiger partial charge is 0.471 e. The molecule has 0 aromatic carbocycles. The van der Waals surface area contributed by atoms with Crippen LogP contribution in [0, 0.1) is 0 Å². The molecule has 0 aliphatic heterocycles.